The Kier molecular flexibility index (Phi) is 3.19. The van der Waals surface area contributed by atoms with Crippen molar-refractivity contribution in [3.05, 3.63) is 24.5 Å². The molecule has 0 bridgehead atoms. The summed E-state index contributed by atoms with van der Waals surface area (Å²) in [5, 5.41) is 10.7. The molecular weight excluding hydrogens is 168 g/mol. The maximum Gasteiger partial charge on any atom is 0.243 e. The predicted octanol–water partition coefficient (Wildman–Crippen LogP) is 0.100. The zero-order valence-corrected chi connectivity index (χ0v) is 7.53. The summed E-state index contributed by atoms with van der Waals surface area (Å²) in [7, 11) is 0. The van der Waals surface area contributed by atoms with Gasteiger partial charge in [-0.25, -0.2) is 0 Å². The summed E-state index contributed by atoms with van der Waals surface area (Å²) in [6.07, 6.45) is 2.86. The molecule has 0 unspecified atom stereocenters. The van der Waals surface area contributed by atoms with Crippen LogP contribution in [0, 0.1) is 0 Å². The number of amides is 1. The number of nitrogens with one attached hydrogen (secondary N) is 1. The van der Waals surface area contributed by atoms with Crippen LogP contribution < -0.4 is 5.32 Å². The normalized spacial score (nSPS) is 9.62. The van der Waals surface area contributed by atoms with E-state index in [0.29, 0.717) is 6.54 Å². The van der Waals surface area contributed by atoms with E-state index in [1.807, 2.05) is 6.92 Å². The fourth-order valence-corrected chi connectivity index (χ4v) is 0.816. The van der Waals surface area contributed by atoms with Gasteiger partial charge in [-0.05, 0) is 13.0 Å². The highest BCUT2D eigenvalue weighted by atomic mass is 16.1. The summed E-state index contributed by atoms with van der Waals surface area (Å²) in [6.45, 7) is 6.42. The van der Waals surface area contributed by atoms with Crippen LogP contribution >= 0.6 is 0 Å². The quantitative estimate of drug-likeness (QED) is 0.668. The Labute approximate surface area is 76.4 Å². The van der Waals surface area contributed by atoms with Gasteiger partial charge in [0.05, 0.1) is 19.3 Å². The second-order valence-electron chi connectivity index (χ2n) is 2.45. The van der Waals surface area contributed by atoms with Crippen LogP contribution in [0.25, 0.3) is 0 Å². The van der Waals surface area contributed by atoms with Crippen molar-refractivity contribution >= 4 is 5.91 Å². The van der Waals surface area contributed by atoms with Gasteiger partial charge >= 0.3 is 0 Å². The number of carbonyl (C=O) groups excluding carboxylic acids is 1. The van der Waals surface area contributed by atoms with E-state index in [0.717, 1.165) is 12.2 Å². The van der Waals surface area contributed by atoms with Gasteiger partial charge in [-0.3, -0.25) is 4.79 Å². The molecule has 1 N–H and O–H groups in total. The first kappa shape index (κ1) is 9.44. The smallest absolute Gasteiger partial charge is 0.243 e. The van der Waals surface area contributed by atoms with E-state index < -0.39 is 0 Å². The molecule has 13 heavy (non-hydrogen) atoms. The predicted molar refractivity (Wildman–Crippen MR) is 47.7 cm³/mol. The summed E-state index contributed by atoms with van der Waals surface area (Å²) in [5.74, 6) is -0.203. The molecule has 0 spiro atoms. The molecule has 0 fully saturated rings. The number of nitrogens with zero attached hydrogens (tertiary/aromatic N) is 3. The van der Waals surface area contributed by atoms with Gasteiger partial charge in [0.2, 0.25) is 5.91 Å². The van der Waals surface area contributed by atoms with Crippen LogP contribution in [0.5, 0.6) is 0 Å². The van der Waals surface area contributed by atoms with E-state index in [1.165, 1.54) is 6.08 Å². The van der Waals surface area contributed by atoms with Crippen molar-refractivity contribution in [3.8, 4) is 0 Å². The van der Waals surface area contributed by atoms with Gasteiger partial charge in [-0.2, -0.15) is 15.0 Å². The molecule has 1 aromatic rings. The van der Waals surface area contributed by atoms with Crippen molar-refractivity contribution in [2.24, 2.45) is 0 Å². The van der Waals surface area contributed by atoms with Crippen molar-refractivity contribution in [3.63, 3.8) is 0 Å². The van der Waals surface area contributed by atoms with Crippen LogP contribution in [-0.2, 0) is 17.9 Å². The highest BCUT2D eigenvalue weighted by Crippen LogP contribution is 1.90. The largest absolute Gasteiger partial charge is 0.347 e. The SMILES string of the molecule is C=CC(=O)NCc1cnn(CC)n1. The van der Waals surface area contributed by atoms with E-state index in [4.69, 9.17) is 0 Å². The lowest BCUT2D eigenvalue weighted by Gasteiger charge is -1.96. The molecule has 0 aromatic carbocycles. The van der Waals surface area contributed by atoms with Crippen LogP contribution in [-0.4, -0.2) is 20.9 Å². The highest BCUT2D eigenvalue weighted by Gasteiger charge is 1.99. The molecule has 0 aliphatic heterocycles. The molecular formula is C8H12N4O. The zero-order valence-electron chi connectivity index (χ0n) is 7.53. The van der Waals surface area contributed by atoms with Crippen molar-refractivity contribution in [1.82, 2.24) is 20.3 Å². The van der Waals surface area contributed by atoms with Crippen LogP contribution in [0.3, 0.4) is 0 Å². The third kappa shape index (κ3) is 2.70. The number of hydrogen-bond donors (Lipinski definition) is 1. The first-order chi connectivity index (χ1) is 6.26. The molecule has 0 aliphatic rings. The molecule has 0 radical (unpaired) electrons. The Hall–Kier alpha value is -1.65. The van der Waals surface area contributed by atoms with Gasteiger partial charge in [-0.15, -0.1) is 0 Å². The van der Waals surface area contributed by atoms with E-state index in [9.17, 15) is 4.79 Å². The summed E-state index contributed by atoms with van der Waals surface area (Å²) >= 11 is 0. The first-order valence-corrected chi connectivity index (χ1v) is 4.05. The Morgan fingerprint density at radius 2 is 2.62 bits per heavy atom. The van der Waals surface area contributed by atoms with Gasteiger partial charge in [0.25, 0.3) is 0 Å². The molecule has 0 saturated carbocycles. The van der Waals surface area contributed by atoms with Gasteiger partial charge in [0.1, 0.15) is 5.69 Å². The molecule has 0 saturated heterocycles. The van der Waals surface area contributed by atoms with E-state index in [1.54, 1.807) is 11.0 Å². The Morgan fingerprint density at radius 1 is 1.85 bits per heavy atom. The van der Waals surface area contributed by atoms with Crippen LogP contribution in [0.4, 0.5) is 0 Å². The summed E-state index contributed by atoms with van der Waals surface area (Å²) in [4.78, 5) is 12.3. The number of aromatic nitrogens is 3. The van der Waals surface area contributed by atoms with Crippen molar-refractivity contribution in [1.29, 1.82) is 0 Å². The summed E-state index contributed by atoms with van der Waals surface area (Å²) in [6, 6.07) is 0. The minimum Gasteiger partial charge on any atom is -0.347 e. The third-order valence-corrected chi connectivity index (χ3v) is 1.50. The summed E-state index contributed by atoms with van der Waals surface area (Å²) < 4.78 is 0. The van der Waals surface area contributed by atoms with Crippen LogP contribution in [0.2, 0.25) is 0 Å². The third-order valence-electron chi connectivity index (χ3n) is 1.50. The average molecular weight is 180 g/mol. The number of aryl methyl sites for hydroxylation is 1. The second-order valence-corrected chi connectivity index (χ2v) is 2.45. The van der Waals surface area contributed by atoms with Gasteiger partial charge in [-0.1, -0.05) is 6.58 Å². The molecule has 1 aromatic heterocycles. The van der Waals surface area contributed by atoms with Crippen LogP contribution in [0.1, 0.15) is 12.6 Å². The van der Waals surface area contributed by atoms with Crippen molar-refractivity contribution < 1.29 is 4.79 Å². The lowest BCUT2D eigenvalue weighted by molar-refractivity contribution is -0.116. The Bertz CT molecular complexity index is 305. The molecule has 5 heteroatoms. The lowest BCUT2D eigenvalue weighted by atomic mass is 10.4. The number of rotatable bonds is 4. The van der Waals surface area contributed by atoms with Crippen LogP contribution in [0.15, 0.2) is 18.9 Å². The van der Waals surface area contributed by atoms with Crippen molar-refractivity contribution in [2.45, 2.75) is 20.0 Å². The maximum absolute atomic E-state index is 10.8. The Morgan fingerprint density at radius 3 is 3.15 bits per heavy atom. The van der Waals surface area contributed by atoms with Gasteiger partial charge < -0.3 is 5.32 Å². The minimum atomic E-state index is -0.203. The zero-order chi connectivity index (χ0) is 9.68. The minimum absolute atomic E-state index is 0.203. The second kappa shape index (κ2) is 4.39. The summed E-state index contributed by atoms with van der Waals surface area (Å²) in [5.41, 5.74) is 0.747. The standard InChI is InChI=1S/C8H12N4O/c1-3-8(13)9-5-7-6-10-12(4-2)11-7/h3,6H,1,4-5H2,2H3,(H,9,13). The fourth-order valence-electron chi connectivity index (χ4n) is 0.816. The Balaban J connectivity index is 2.45. The van der Waals surface area contributed by atoms with E-state index in [2.05, 4.69) is 22.1 Å². The molecule has 1 rings (SSSR count). The topological polar surface area (TPSA) is 59.8 Å². The first-order valence-electron chi connectivity index (χ1n) is 4.05. The molecule has 0 aliphatic carbocycles. The molecule has 1 amide bonds. The van der Waals surface area contributed by atoms with Gasteiger partial charge in [0.15, 0.2) is 0 Å². The van der Waals surface area contributed by atoms with E-state index >= 15 is 0 Å². The fraction of sp³-hybridized carbons (Fsp3) is 0.375. The number of carbonyl (C=O) groups is 1. The lowest BCUT2D eigenvalue weighted by Crippen LogP contribution is -2.20. The average Bonchev–Trinajstić information content (AvgIpc) is 2.61. The molecule has 0 atom stereocenters. The molecule has 5 nitrogen and oxygen atoms in total. The van der Waals surface area contributed by atoms with Crippen molar-refractivity contribution in [2.75, 3.05) is 0 Å². The van der Waals surface area contributed by atoms with E-state index in [-0.39, 0.29) is 5.91 Å². The highest BCUT2D eigenvalue weighted by molar-refractivity contribution is 5.86. The monoisotopic (exact) mass is 180 g/mol. The maximum atomic E-state index is 10.8. The number of hydrogen-bond acceptors (Lipinski definition) is 3. The molecule has 1 heterocycles. The van der Waals surface area contributed by atoms with Gasteiger partial charge in [0, 0.05) is 0 Å². The molecule has 70 valence electrons.